The van der Waals surface area contributed by atoms with Crippen LogP contribution in [0, 0.1) is 12.8 Å². The highest BCUT2D eigenvalue weighted by atomic mass is 79.9. The highest BCUT2D eigenvalue weighted by molar-refractivity contribution is 9.10. The minimum absolute atomic E-state index is 0.164. The molecule has 7 nitrogen and oxygen atoms in total. The Kier molecular flexibility index (Phi) is 7.02. The van der Waals surface area contributed by atoms with Crippen LogP contribution in [0.2, 0.25) is 5.02 Å². The van der Waals surface area contributed by atoms with Crippen LogP contribution in [0.1, 0.15) is 29.9 Å². The number of halogens is 2. The Morgan fingerprint density at radius 2 is 1.84 bits per heavy atom. The number of nitrogens with zero attached hydrogens (tertiary/aromatic N) is 1. The van der Waals surface area contributed by atoms with E-state index in [4.69, 9.17) is 11.6 Å². The number of rotatable bonds is 5. The third-order valence-corrected chi connectivity index (χ3v) is 5.51. The molecule has 0 atom stereocenters. The number of anilines is 1. The fourth-order valence-electron chi connectivity index (χ4n) is 2.93. The topological polar surface area (TPSA) is 92.2 Å². The largest absolute Gasteiger partial charge is 0.348 e. The minimum atomic E-state index is -0.867. The van der Waals surface area contributed by atoms with Gasteiger partial charge >= 0.3 is 11.8 Å². The van der Waals surface area contributed by atoms with Crippen LogP contribution in [-0.4, -0.2) is 28.9 Å². The minimum Gasteiger partial charge on any atom is -0.348 e. The van der Waals surface area contributed by atoms with E-state index in [1.54, 1.807) is 43.3 Å². The van der Waals surface area contributed by atoms with Crippen molar-refractivity contribution in [2.24, 2.45) is 5.92 Å². The van der Waals surface area contributed by atoms with E-state index in [0.717, 1.165) is 10.0 Å². The van der Waals surface area contributed by atoms with Crippen molar-refractivity contribution >= 4 is 61.8 Å². The van der Waals surface area contributed by atoms with Crippen molar-refractivity contribution < 1.29 is 14.4 Å². The van der Waals surface area contributed by atoms with Crippen LogP contribution in [-0.2, 0) is 9.59 Å². The van der Waals surface area contributed by atoms with Gasteiger partial charge in [-0.25, -0.2) is 4.68 Å². The van der Waals surface area contributed by atoms with Crippen molar-refractivity contribution in [3.63, 3.8) is 0 Å². The molecule has 0 aliphatic carbocycles. The van der Waals surface area contributed by atoms with Gasteiger partial charge in [-0.2, -0.15) is 0 Å². The standard InChI is InChI=1S/C22H22BrClN4O3/c1-12(2)11-25-21(30)22(31)27-28-18-8-7-15(23)9-14(18)10-19(28)20(29)26-17-6-4-5-16(24)13(17)3/h4-10,12H,11H2,1-3H3,(H,25,30)(H,26,29)(H,27,31). The summed E-state index contributed by atoms with van der Waals surface area (Å²) in [5.41, 5.74) is 4.54. The molecule has 0 bridgehead atoms. The van der Waals surface area contributed by atoms with Crippen LogP contribution in [0.15, 0.2) is 46.9 Å². The molecule has 9 heteroatoms. The maximum Gasteiger partial charge on any atom is 0.328 e. The molecule has 0 fully saturated rings. The summed E-state index contributed by atoms with van der Waals surface area (Å²) in [6.45, 7) is 6.02. The van der Waals surface area contributed by atoms with Crippen LogP contribution >= 0.6 is 27.5 Å². The third kappa shape index (κ3) is 5.26. The van der Waals surface area contributed by atoms with Gasteiger partial charge < -0.3 is 10.6 Å². The number of carbonyl (C=O) groups is 3. The van der Waals surface area contributed by atoms with Crippen molar-refractivity contribution in [2.75, 3.05) is 17.3 Å². The molecule has 0 spiro atoms. The van der Waals surface area contributed by atoms with E-state index in [1.807, 2.05) is 19.9 Å². The van der Waals surface area contributed by atoms with Gasteiger partial charge in [-0.05, 0) is 54.8 Å². The molecule has 162 valence electrons. The first-order chi connectivity index (χ1) is 14.7. The monoisotopic (exact) mass is 504 g/mol. The molecular weight excluding hydrogens is 484 g/mol. The zero-order valence-corrected chi connectivity index (χ0v) is 19.6. The van der Waals surface area contributed by atoms with E-state index < -0.39 is 17.7 Å². The molecule has 0 saturated carbocycles. The van der Waals surface area contributed by atoms with Crippen LogP contribution < -0.4 is 16.1 Å². The number of fused-ring (bicyclic) bond motifs is 1. The number of hydrogen-bond acceptors (Lipinski definition) is 3. The molecule has 3 amide bonds. The Morgan fingerprint density at radius 3 is 2.55 bits per heavy atom. The predicted octanol–water partition coefficient (Wildman–Crippen LogP) is 4.46. The first-order valence-electron chi connectivity index (χ1n) is 9.64. The molecule has 3 N–H and O–H groups in total. The van der Waals surface area contributed by atoms with Crippen molar-refractivity contribution in [1.29, 1.82) is 0 Å². The Morgan fingerprint density at radius 1 is 1.10 bits per heavy atom. The summed E-state index contributed by atoms with van der Waals surface area (Å²) >= 11 is 9.56. The summed E-state index contributed by atoms with van der Waals surface area (Å²) in [6, 6.07) is 12.2. The number of nitrogens with one attached hydrogen (secondary N) is 3. The molecule has 0 aliphatic heterocycles. The van der Waals surface area contributed by atoms with E-state index >= 15 is 0 Å². The molecule has 1 aromatic heterocycles. The molecule has 3 rings (SSSR count). The second kappa shape index (κ2) is 9.53. The maximum atomic E-state index is 13.1. The normalized spacial score (nSPS) is 10.9. The van der Waals surface area contributed by atoms with Crippen molar-refractivity contribution in [1.82, 2.24) is 9.99 Å². The molecule has 0 unspecified atom stereocenters. The number of aromatic nitrogens is 1. The van der Waals surface area contributed by atoms with E-state index in [1.165, 1.54) is 4.68 Å². The summed E-state index contributed by atoms with van der Waals surface area (Å²) in [5, 5.41) is 6.62. The average molecular weight is 506 g/mol. The Balaban J connectivity index is 1.95. The van der Waals surface area contributed by atoms with Gasteiger partial charge in [0, 0.05) is 27.1 Å². The lowest BCUT2D eigenvalue weighted by atomic mass is 10.2. The summed E-state index contributed by atoms with van der Waals surface area (Å²) < 4.78 is 2.13. The molecular formula is C22H22BrClN4O3. The Hall–Kier alpha value is -2.84. The summed E-state index contributed by atoms with van der Waals surface area (Å²) in [6.07, 6.45) is 0. The molecule has 0 radical (unpaired) electrons. The summed E-state index contributed by atoms with van der Waals surface area (Å²) in [5.74, 6) is -1.90. The molecule has 2 aromatic carbocycles. The smallest absolute Gasteiger partial charge is 0.328 e. The lowest BCUT2D eigenvalue weighted by Gasteiger charge is -2.14. The average Bonchev–Trinajstić information content (AvgIpc) is 3.06. The molecule has 0 aliphatic rings. The van der Waals surface area contributed by atoms with Crippen LogP contribution in [0.4, 0.5) is 5.69 Å². The second-order valence-electron chi connectivity index (χ2n) is 7.48. The Labute approximate surface area is 193 Å². The first kappa shape index (κ1) is 22.8. The van der Waals surface area contributed by atoms with Crippen LogP contribution in [0.25, 0.3) is 10.9 Å². The number of hydrogen-bond donors (Lipinski definition) is 3. The van der Waals surface area contributed by atoms with Crippen LogP contribution in [0.3, 0.4) is 0 Å². The van der Waals surface area contributed by atoms with Gasteiger partial charge in [0.2, 0.25) is 0 Å². The molecule has 31 heavy (non-hydrogen) atoms. The van der Waals surface area contributed by atoms with Crippen molar-refractivity contribution in [3.8, 4) is 0 Å². The van der Waals surface area contributed by atoms with Gasteiger partial charge in [0.15, 0.2) is 0 Å². The SMILES string of the molecule is Cc1c(Cl)cccc1NC(=O)c1cc2cc(Br)ccc2n1NC(=O)C(=O)NCC(C)C. The number of amides is 3. The van der Waals surface area contributed by atoms with E-state index in [2.05, 4.69) is 32.0 Å². The Bertz CT molecular complexity index is 1170. The molecule has 3 aromatic rings. The predicted molar refractivity (Wildman–Crippen MR) is 126 cm³/mol. The maximum absolute atomic E-state index is 13.1. The lowest BCUT2D eigenvalue weighted by Crippen LogP contribution is -2.41. The van der Waals surface area contributed by atoms with E-state index in [9.17, 15) is 14.4 Å². The van der Waals surface area contributed by atoms with Crippen molar-refractivity contribution in [2.45, 2.75) is 20.8 Å². The van der Waals surface area contributed by atoms with Gasteiger partial charge in [-0.15, -0.1) is 0 Å². The first-order valence-corrected chi connectivity index (χ1v) is 10.8. The van der Waals surface area contributed by atoms with Gasteiger partial charge in [0.25, 0.3) is 5.91 Å². The van der Waals surface area contributed by atoms with Gasteiger partial charge in [-0.1, -0.05) is 47.4 Å². The third-order valence-electron chi connectivity index (χ3n) is 4.60. The highest BCUT2D eigenvalue weighted by Gasteiger charge is 2.21. The molecule has 1 heterocycles. The summed E-state index contributed by atoms with van der Waals surface area (Å²) in [7, 11) is 0. The quantitative estimate of drug-likeness (QED) is 0.447. The fourth-order valence-corrected chi connectivity index (χ4v) is 3.49. The van der Waals surface area contributed by atoms with Gasteiger partial charge in [-0.3, -0.25) is 19.8 Å². The highest BCUT2D eigenvalue weighted by Crippen LogP contribution is 2.26. The van der Waals surface area contributed by atoms with E-state index in [0.29, 0.717) is 28.2 Å². The van der Waals surface area contributed by atoms with Gasteiger partial charge in [0.05, 0.1) is 5.52 Å². The van der Waals surface area contributed by atoms with E-state index in [-0.39, 0.29) is 11.6 Å². The number of carbonyl (C=O) groups excluding carboxylic acids is 3. The van der Waals surface area contributed by atoms with Crippen LogP contribution in [0.5, 0.6) is 0 Å². The zero-order valence-electron chi connectivity index (χ0n) is 17.3. The fraction of sp³-hybridized carbons (Fsp3) is 0.227. The summed E-state index contributed by atoms with van der Waals surface area (Å²) in [4.78, 5) is 37.7. The van der Waals surface area contributed by atoms with Crippen molar-refractivity contribution in [3.05, 3.63) is 63.2 Å². The van der Waals surface area contributed by atoms with Gasteiger partial charge in [0.1, 0.15) is 5.69 Å². The molecule has 0 saturated heterocycles. The second-order valence-corrected chi connectivity index (χ2v) is 8.80. The lowest BCUT2D eigenvalue weighted by molar-refractivity contribution is -0.136. The zero-order chi connectivity index (χ0) is 22.7. The number of benzene rings is 2.